The van der Waals surface area contributed by atoms with Crippen molar-refractivity contribution in [3.8, 4) is 0 Å². The third-order valence-corrected chi connectivity index (χ3v) is 3.53. The van der Waals surface area contributed by atoms with Crippen LogP contribution in [0.25, 0.3) is 0 Å². The fourth-order valence-electron chi connectivity index (χ4n) is 2.34. The van der Waals surface area contributed by atoms with Gasteiger partial charge in [0, 0.05) is 24.7 Å². The van der Waals surface area contributed by atoms with Crippen molar-refractivity contribution in [2.45, 2.75) is 50.7 Å². The number of rotatable bonds is 3. The zero-order valence-corrected chi connectivity index (χ0v) is 10.4. The lowest BCUT2D eigenvalue weighted by molar-refractivity contribution is 0.0502. The van der Waals surface area contributed by atoms with Crippen LogP contribution in [-0.2, 0) is 4.74 Å². The summed E-state index contributed by atoms with van der Waals surface area (Å²) in [4.78, 5) is 9.22. The maximum absolute atomic E-state index is 5.85. The number of hydrogen-bond donors (Lipinski definition) is 1. The highest BCUT2D eigenvalue weighted by molar-refractivity contribution is 5.37. The normalized spacial score (nSPS) is 28.4. The van der Waals surface area contributed by atoms with Crippen molar-refractivity contribution in [1.29, 1.82) is 0 Å². The van der Waals surface area contributed by atoms with Gasteiger partial charge >= 0.3 is 0 Å². The number of hydrogen-bond acceptors (Lipinski definition) is 4. The van der Waals surface area contributed by atoms with Crippen LogP contribution >= 0.6 is 0 Å². The van der Waals surface area contributed by atoms with Crippen molar-refractivity contribution in [1.82, 2.24) is 9.97 Å². The Morgan fingerprint density at radius 3 is 2.65 bits per heavy atom. The van der Waals surface area contributed by atoms with Crippen LogP contribution in [0, 0.1) is 0 Å². The number of anilines is 1. The summed E-state index contributed by atoms with van der Waals surface area (Å²) in [5.41, 5.74) is 1.18. The molecule has 1 aliphatic carbocycles. The van der Waals surface area contributed by atoms with E-state index in [0.29, 0.717) is 12.0 Å². The highest BCUT2D eigenvalue weighted by atomic mass is 16.5. The minimum absolute atomic E-state index is 0.0933. The van der Waals surface area contributed by atoms with Gasteiger partial charge in [-0.25, -0.2) is 9.97 Å². The van der Waals surface area contributed by atoms with Crippen LogP contribution in [0.1, 0.15) is 56.1 Å². The monoisotopic (exact) mass is 233 g/mol. The fraction of sp³-hybridized carbons (Fsp3) is 0.692. The van der Waals surface area contributed by atoms with Gasteiger partial charge in [-0.2, -0.15) is 0 Å². The molecule has 4 heteroatoms. The van der Waals surface area contributed by atoms with Crippen molar-refractivity contribution in [2.24, 2.45) is 0 Å². The molecule has 2 fully saturated rings. The molecule has 2 aliphatic rings. The summed E-state index contributed by atoms with van der Waals surface area (Å²) < 4.78 is 5.85. The number of ether oxygens (including phenoxy) is 1. The molecule has 0 amide bonds. The second-order valence-electron chi connectivity index (χ2n) is 5.07. The summed E-state index contributed by atoms with van der Waals surface area (Å²) in [5.74, 6) is 2.44. The van der Waals surface area contributed by atoms with E-state index < -0.39 is 0 Å². The van der Waals surface area contributed by atoms with E-state index in [1.165, 1.54) is 18.5 Å². The van der Waals surface area contributed by atoms with Crippen molar-refractivity contribution < 1.29 is 4.74 Å². The molecule has 1 saturated heterocycles. The molecule has 2 heterocycles. The number of aromatic nitrogens is 2. The molecular formula is C13H19N3O. The first-order chi connectivity index (χ1) is 8.26. The van der Waals surface area contributed by atoms with E-state index in [0.717, 1.165) is 24.5 Å². The first kappa shape index (κ1) is 11.0. The van der Waals surface area contributed by atoms with Gasteiger partial charge in [-0.3, -0.25) is 0 Å². The largest absolute Gasteiger partial charge is 0.373 e. The van der Waals surface area contributed by atoms with E-state index in [1.807, 2.05) is 7.05 Å². The van der Waals surface area contributed by atoms with Gasteiger partial charge in [-0.15, -0.1) is 0 Å². The van der Waals surface area contributed by atoms with Crippen molar-refractivity contribution >= 4 is 5.82 Å². The number of nitrogens with one attached hydrogen (secondary N) is 1. The first-order valence-electron chi connectivity index (χ1n) is 6.48. The van der Waals surface area contributed by atoms with Gasteiger partial charge in [-0.05, 0) is 32.6 Å². The molecule has 17 heavy (non-hydrogen) atoms. The van der Waals surface area contributed by atoms with E-state index >= 15 is 0 Å². The van der Waals surface area contributed by atoms with Gasteiger partial charge in [0.05, 0.1) is 6.10 Å². The summed E-state index contributed by atoms with van der Waals surface area (Å²) in [5, 5.41) is 3.12. The minimum Gasteiger partial charge on any atom is -0.373 e. The lowest BCUT2D eigenvalue weighted by atomic mass is 10.2. The van der Waals surface area contributed by atoms with E-state index in [1.54, 1.807) is 0 Å². The van der Waals surface area contributed by atoms with Crippen LogP contribution in [0.2, 0.25) is 0 Å². The SMILES string of the molecule is CNc1cc(C2CC2)nc(C2CCC(C)O2)n1. The first-order valence-corrected chi connectivity index (χ1v) is 6.48. The Labute approximate surface area is 102 Å². The van der Waals surface area contributed by atoms with Crippen LogP contribution < -0.4 is 5.32 Å². The summed E-state index contributed by atoms with van der Waals surface area (Å²) >= 11 is 0. The lowest BCUT2D eigenvalue weighted by Gasteiger charge is -2.12. The van der Waals surface area contributed by atoms with Crippen LogP contribution in [0.5, 0.6) is 0 Å². The quantitative estimate of drug-likeness (QED) is 0.871. The Bertz CT molecular complexity index is 417. The molecule has 0 aromatic carbocycles. The fourth-order valence-corrected chi connectivity index (χ4v) is 2.34. The molecule has 1 aromatic heterocycles. The highest BCUT2D eigenvalue weighted by Gasteiger charge is 2.30. The summed E-state index contributed by atoms with van der Waals surface area (Å²) in [6, 6.07) is 2.07. The van der Waals surface area contributed by atoms with E-state index in [4.69, 9.17) is 4.74 Å². The Morgan fingerprint density at radius 1 is 1.24 bits per heavy atom. The Hall–Kier alpha value is -1.16. The van der Waals surface area contributed by atoms with Crippen molar-refractivity contribution in [3.63, 3.8) is 0 Å². The zero-order chi connectivity index (χ0) is 11.8. The molecule has 3 rings (SSSR count). The van der Waals surface area contributed by atoms with Crippen LogP contribution in [0.4, 0.5) is 5.82 Å². The lowest BCUT2D eigenvalue weighted by Crippen LogP contribution is -2.09. The van der Waals surface area contributed by atoms with Gasteiger partial charge in [0.1, 0.15) is 11.9 Å². The number of nitrogens with zero attached hydrogens (tertiary/aromatic N) is 2. The maximum Gasteiger partial charge on any atom is 0.159 e. The van der Waals surface area contributed by atoms with Crippen LogP contribution in [-0.4, -0.2) is 23.1 Å². The second-order valence-corrected chi connectivity index (χ2v) is 5.07. The summed E-state index contributed by atoms with van der Waals surface area (Å²) in [6.45, 7) is 2.11. The van der Waals surface area contributed by atoms with Crippen LogP contribution in [0.15, 0.2) is 6.07 Å². The topological polar surface area (TPSA) is 47.0 Å². The molecule has 1 N–H and O–H groups in total. The third-order valence-electron chi connectivity index (χ3n) is 3.53. The predicted octanol–water partition coefficient (Wildman–Crippen LogP) is 2.64. The molecule has 0 radical (unpaired) electrons. The summed E-state index contributed by atoms with van der Waals surface area (Å²) in [7, 11) is 1.90. The van der Waals surface area contributed by atoms with E-state index in [2.05, 4.69) is 28.3 Å². The molecule has 1 aromatic rings. The maximum atomic E-state index is 5.85. The van der Waals surface area contributed by atoms with Gasteiger partial charge in [0.25, 0.3) is 0 Å². The Balaban J connectivity index is 1.89. The smallest absolute Gasteiger partial charge is 0.159 e. The van der Waals surface area contributed by atoms with Gasteiger partial charge in [0.2, 0.25) is 0 Å². The van der Waals surface area contributed by atoms with E-state index in [9.17, 15) is 0 Å². The molecular weight excluding hydrogens is 214 g/mol. The Kier molecular flexibility index (Phi) is 2.74. The highest BCUT2D eigenvalue weighted by Crippen LogP contribution is 2.40. The molecule has 0 bridgehead atoms. The Morgan fingerprint density at radius 2 is 2.06 bits per heavy atom. The molecule has 2 unspecified atom stereocenters. The molecule has 92 valence electrons. The van der Waals surface area contributed by atoms with Gasteiger partial charge < -0.3 is 10.1 Å². The van der Waals surface area contributed by atoms with Crippen LogP contribution in [0.3, 0.4) is 0 Å². The zero-order valence-electron chi connectivity index (χ0n) is 10.4. The molecule has 0 spiro atoms. The molecule has 2 atom stereocenters. The van der Waals surface area contributed by atoms with Gasteiger partial charge in [-0.1, -0.05) is 0 Å². The average Bonchev–Trinajstić information content (AvgIpc) is 3.11. The standard InChI is InChI=1S/C13H19N3O/c1-8-3-6-11(17-8)13-15-10(9-4-5-9)7-12(14-2)16-13/h7-9,11H,3-6H2,1-2H3,(H,14,15,16). The molecule has 1 aliphatic heterocycles. The average molecular weight is 233 g/mol. The molecule has 1 saturated carbocycles. The van der Waals surface area contributed by atoms with Crippen molar-refractivity contribution in [2.75, 3.05) is 12.4 Å². The second kappa shape index (κ2) is 4.26. The van der Waals surface area contributed by atoms with Crippen molar-refractivity contribution in [3.05, 3.63) is 17.6 Å². The summed E-state index contributed by atoms with van der Waals surface area (Å²) in [6.07, 6.45) is 5.11. The molecule has 4 nitrogen and oxygen atoms in total. The predicted molar refractivity (Wildman–Crippen MR) is 66.1 cm³/mol. The minimum atomic E-state index is 0.0933. The van der Waals surface area contributed by atoms with E-state index in [-0.39, 0.29) is 6.10 Å². The third kappa shape index (κ3) is 2.27. The van der Waals surface area contributed by atoms with Gasteiger partial charge in [0.15, 0.2) is 5.82 Å².